The van der Waals surface area contributed by atoms with Crippen molar-refractivity contribution in [2.45, 2.75) is 26.0 Å². The summed E-state index contributed by atoms with van der Waals surface area (Å²) in [7, 11) is 1.76. The van der Waals surface area contributed by atoms with Crippen LogP contribution in [0.3, 0.4) is 0 Å². The number of hydrogen-bond acceptors (Lipinski definition) is 4. The van der Waals surface area contributed by atoms with Gasteiger partial charge >= 0.3 is 0 Å². The second-order valence-electron chi connectivity index (χ2n) is 3.66. The molecule has 0 radical (unpaired) electrons. The largest absolute Gasteiger partial charge is 0.380 e. The molecule has 2 aromatic heterocycles. The van der Waals surface area contributed by atoms with Crippen molar-refractivity contribution in [1.82, 2.24) is 24.8 Å². The fourth-order valence-electron chi connectivity index (χ4n) is 1.67. The Labute approximate surface area is 93.5 Å². The number of aromatic nitrogens is 5. The Morgan fingerprint density at radius 2 is 2.25 bits per heavy atom. The average Bonchev–Trinajstić information content (AvgIpc) is 2.87. The topological polar surface area (TPSA) is 68.8 Å². The number of rotatable bonds is 4. The van der Waals surface area contributed by atoms with Crippen molar-refractivity contribution in [3.8, 4) is 0 Å². The lowest BCUT2D eigenvalue weighted by Gasteiger charge is -2.12. The molecule has 16 heavy (non-hydrogen) atoms. The van der Waals surface area contributed by atoms with Crippen LogP contribution in [0.5, 0.6) is 0 Å². The zero-order valence-electron chi connectivity index (χ0n) is 9.41. The maximum absolute atomic E-state index is 10.2. The van der Waals surface area contributed by atoms with Crippen molar-refractivity contribution in [1.29, 1.82) is 0 Å². The summed E-state index contributed by atoms with van der Waals surface area (Å²) in [5.41, 5.74) is 1.44. The van der Waals surface area contributed by atoms with Crippen LogP contribution in [0.1, 0.15) is 30.8 Å². The molecule has 0 fully saturated rings. The molecule has 2 rings (SSSR count). The third-order valence-electron chi connectivity index (χ3n) is 2.49. The Balaban J connectivity index is 2.30. The van der Waals surface area contributed by atoms with E-state index in [2.05, 4.69) is 22.3 Å². The summed E-state index contributed by atoms with van der Waals surface area (Å²) in [4.78, 5) is 0. The lowest BCUT2D eigenvalue weighted by atomic mass is 10.2. The van der Waals surface area contributed by atoms with E-state index in [1.54, 1.807) is 28.8 Å². The van der Waals surface area contributed by atoms with Gasteiger partial charge in [-0.15, -0.1) is 5.10 Å². The van der Waals surface area contributed by atoms with Crippen LogP contribution in [-0.4, -0.2) is 29.9 Å². The minimum absolute atomic E-state index is 0.665. The zero-order valence-corrected chi connectivity index (χ0v) is 9.41. The van der Waals surface area contributed by atoms with Crippen LogP contribution in [0.15, 0.2) is 18.5 Å². The van der Waals surface area contributed by atoms with E-state index in [1.807, 2.05) is 6.07 Å². The van der Waals surface area contributed by atoms with Crippen LogP contribution >= 0.6 is 0 Å². The lowest BCUT2D eigenvalue weighted by Crippen LogP contribution is -2.13. The van der Waals surface area contributed by atoms with Gasteiger partial charge in [0.05, 0.1) is 17.6 Å². The van der Waals surface area contributed by atoms with E-state index in [0.29, 0.717) is 5.69 Å². The molecule has 0 saturated heterocycles. The summed E-state index contributed by atoms with van der Waals surface area (Å²) >= 11 is 0. The van der Waals surface area contributed by atoms with E-state index in [9.17, 15) is 5.11 Å². The predicted molar refractivity (Wildman–Crippen MR) is 57.6 cm³/mol. The third-order valence-corrected chi connectivity index (χ3v) is 2.49. The molecule has 2 heterocycles. The molecular weight excluding hydrogens is 206 g/mol. The quantitative estimate of drug-likeness (QED) is 0.816. The Morgan fingerprint density at radius 1 is 1.44 bits per heavy atom. The smallest absolute Gasteiger partial charge is 0.139 e. The summed E-state index contributed by atoms with van der Waals surface area (Å²) in [6.45, 7) is 2.87. The van der Waals surface area contributed by atoms with Gasteiger partial charge in [0.1, 0.15) is 6.10 Å². The van der Waals surface area contributed by atoms with Crippen LogP contribution in [0.4, 0.5) is 0 Å². The molecule has 86 valence electrons. The van der Waals surface area contributed by atoms with Crippen LogP contribution < -0.4 is 0 Å². The minimum Gasteiger partial charge on any atom is -0.380 e. The zero-order chi connectivity index (χ0) is 11.5. The second-order valence-corrected chi connectivity index (χ2v) is 3.66. The number of nitrogens with zero attached hydrogens (tertiary/aromatic N) is 5. The Kier molecular flexibility index (Phi) is 3.00. The van der Waals surface area contributed by atoms with Gasteiger partial charge in [-0.2, -0.15) is 5.10 Å². The number of aryl methyl sites for hydroxylation is 2. The van der Waals surface area contributed by atoms with Crippen molar-refractivity contribution in [3.63, 3.8) is 0 Å². The summed E-state index contributed by atoms with van der Waals surface area (Å²) in [6.07, 6.45) is 3.51. The van der Waals surface area contributed by atoms with Gasteiger partial charge in [0.15, 0.2) is 0 Å². The van der Waals surface area contributed by atoms with Crippen molar-refractivity contribution in [2.75, 3.05) is 0 Å². The first-order valence-electron chi connectivity index (χ1n) is 5.28. The molecule has 0 saturated carbocycles. The highest BCUT2D eigenvalue weighted by Gasteiger charge is 2.18. The van der Waals surface area contributed by atoms with E-state index in [-0.39, 0.29) is 0 Å². The van der Waals surface area contributed by atoms with E-state index >= 15 is 0 Å². The molecule has 0 aliphatic rings. The molecule has 0 bridgehead atoms. The van der Waals surface area contributed by atoms with Crippen LogP contribution in [0.2, 0.25) is 0 Å². The van der Waals surface area contributed by atoms with Gasteiger partial charge in [0.2, 0.25) is 0 Å². The van der Waals surface area contributed by atoms with E-state index in [1.165, 1.54) is 0 Å². The SMILES string of the molecule is CCCn1nccc1C(O)c1cnnn1C. The molecular formula is C10H15N5O. The summed E-state index contributed by atoms with van der Waals surface area (Å²) < 4.78 is 3.37. The third kappa shape index (κ3) is 1.83. The van der Waals surface area contributed by atoms with Gasteiger partial charge in [-0.25, -0.2) is 4.68 Å². The molecule has 1 atom stereocenters. The van der Waals surface area contributed by atoms with Gasteiger partial charge in [-0.05, 0) is 12.5 Å². The van der Waals surface area contributed by atoms with Crippen molar-refractivity contribution >= 4 is 0 Å². The molecule has 6 heteroatoms. The molecule has 1 N–H and O–H groups in total. The van der Waals surface area contributed by atoms with Crippen LogP contribution in [0.25, 0.3) is 0 Å². The minimum atomic E-state index is -0.728. The maximum atomic E-state index is 10.2. The normalized spacial score (nSPS) is 12.9. The standard InChI is InChI=1S/C10H15N5O/c1-3-6-15-8(4-5-12-15)10(16)9-7-11-13-14(9)2/h4-5,7,10,16H,3,6H2,1-2H3. The van der Waals surface area contributed by atoms with Crippen molar-refractivity contribution in [2.24, 2.45) is 7.05 Å². The Hall–Kier alpha value is -1.69. The van der Waals surface area contributed by atoms with Gasteiger partial charge in [0, 0.05) is 19.8 Å². The molecule has 2 aromatic rings. The number of aliphatic hydroxyl groups is 1. The van der Waals surface area contributed by atoms with Gasteiger partial charge in [-0.3, -0.25) is 4.68 Å². The first kappa shape index (κ1) is 10.8. The number of aliphatic hydroxyl groups excluding tert-OH is 1. The average molecular weight is 221 g/mol. The monoisotopic (exact) mass is 221 g/mol. The molecule has 1 unspecified atom stereocenters. The fourth-order valence-corrected chi connectivity index (χ4v) is 1.67. The molecule has 0 aliphatic carbocycles. The summed E-state index contributed by atoms with van der Waals surface area (Å²) in [6, 6.07) is 1.81. The Morgan fingerprint density at radius 3 is 2.88 bits per heavy atom. The molecule has 0 aromatic carbocycles. The van der Waals surface area contributed by atoms with Crippen LogP contribution in [0, 0.1) is 0 Å². The van der Waals surface area contributed by atoms with E-state index in [0.717, 1.165) is 18.7 Å². The maximum Gasteiger partial charge on any atom is 0.139 e. The van der Waals surface area contributed by atoms with Crippen molar-refractivity contribution < 1.29 is 5.11 Å². The van der Waals surface area contributed by atoms with Gasteiger partial charge in [-0.1, -0.05) is 12.1 Å². The van der Waals surface area contributed by atoms with Crippen molar-refractivity contribution in [3.05, 3.63) is 29.8 Å². The van der Waals surface area contributed by atoms with E-state index in [4.69, 9.17) is 0 Å². The van der Waals surface area contributed by atoms with E-state index < -0.39 is 6.10 Å². The summed E-state index contributed by atoms with van der Waals surface area (Å²) in [5.74, 6) is 0. The highest BCUT2D eigenvalue weighted by Crippen LogP contribution is 2.20. The Bertz CT molecular complexity index is 461. The van der Waals surface area contributed by atoms with Gasteiger partial charge in [0.25, 0.3) is 0 Å². The molecule has 6 nitrogen and oxygen atoms in total. The molecule has 0 amide bonds. The fraction of sp³-hybridized carbons (Fsp3) is 0.500. The first-order valence-corrected chi connectivity index (χ1v) is 5.28. The highest BCUT2D eigenvalue weighted by atomic mass is 16.3. The lowest BCUT2D eigenvalue weighted by molar-refractivity contribution is 0.197. The first-order chi connectivity index (χ1) is 7.74. The number of hydrogen-bond donors (Lipinski definition) is 1. The van der Waals surface area contributed by atoms with Crippen LogP contribution in [-0.2, 0) is 13.6 Å². The second kappa shape index (κ2) is 4.44. The van der Waals surface area contributed by atoms with Gasteiger partial charge < -0.3 is 5.11 Å². The summed E-state index contributed by atoms with van der Waals surface area (Å²) in [5, 5.41) is 21.9. The highest BCUT2D eigenvalue weighted by molar-refractivity contribution is 5.16. The predicted octanol–water partition coefficient (Wildman–Crippen LogP) is 0.503. The molecule has 0 spiro atoms. The molecule has 0 aliphatic heterocycles.